The third kappa shape index (κ3) is 5.90. The quantitative estimate of drug-likeness (QED) is 0.377. The summed E-state index contributed by atoms with van der Waals surface area (Å²) >= 11 is 0. The summed E-state index contributed by atoms with van der Waals surface area (Å²) in [5, 5.41) is 19.0. The van der Waals surface area contributed by atoms with Crippen LogP contribution in [-0.2, 0) is 0 Å². The second-order valence-corrected chi connectivity index (χ2v) is 9.17. The number of benzene rings is 3. The minimum Gasteiger partial charge on any atom is -0.508 e. The zero-order valence-electron chi connectivity index (χ0n) is 21.0. The van der Waals surface area contributed by atoms with Crippen LogP contribution in [0.25, 0.3) is 11.1 Å². The number of aryl methyl sites for hydroxylation is 1. The number of phenols is 1. The first-order valence-corrected chi connectivity index (χ1v) is 12.5. The third-order valence-corrected chi connectivity index (χ3v) is 6.94. The van der Waals surface area contributed by atoms with Gasteiger partial charge in [0.05, 0.1) is 12.1 Å². The summed E-state index contributed by atoms with van der Waals surface area (Å²) in [6, 6.07) is 24.7. The Kier molecular flexibility index (Phi) is 8.95. The van der Waals surface area contributed by atoms with Crippen LogP contribution in [0.4, 0.5) is 5.69 Å². The van der Waals surface area contributed by atoms with E-state index in [0.717, 1.165) is 42.5 Å². The van der Waals surface area contributed by atoms with Crippen molar-refractivity contribution in [2.75, 3.05) is 4.90 Å². The van der Waals surface area contributed by atoms with Crippen LogP contribution in [0.2, 0.25) is 0 Å². The van der Waals surface area contributed by atoms with Crippen molar-refractivity contribution in [3.05, 3.63) is 96.2 Å². The summed E-state index contributed by atoms with van der Waals surface area (Å²) < 4.78 is 0. The van der Waals surface area contributed by atoms with Gasteiger partial charge in [-0.25, -0.2) is 0 Å². The van der Waals surface area contributed by atoms with Crippen molar-refractivity contribution in [3.63, 3.8) is 0 Å². The average molecular weight is 458 g/mol. The van der Waals surface area contributed by atoms with Gasteiger partial charge in [-0.15, -0.1) is 0 Å². The van der Waals surface area contributed by atoms with Crippen molar-refractivity contribution in [3.8, 4) is 16.9 Å². The molecule has 2 atom stereocenters. The Morgan fingerprint density at radius 1 is 0.882 bits per heavy atom. The molecule has 34 heavy (non-hydrogen) atoms. The number of anilines is 1. The molecular weight excluding hydrogens is 418 g/mol. The van der Waals surface area contributed by atoms with Crippen LogP contribution in [0.3, 0.4) is 0 Å². The van der Waals surface area contributed by atoms with Crippen LogP contribution >= 0.6 is 0 Å². The molecule has 0 amide bonds. The topological polar surface area (TPSA) is 43.7 Å². The lowest BCUT2D eigenvalue weighted by molar-refractivity contribution is 0.0990. The molecule has 0 aromatic heterocycles. The second-order valence-electron chi connectivity index (χ2n) is 9.17. The van der Waals surface area contributed by atoms with Gasteiger partial charge in [-0.05, 0) is 65.8 Å². The molecule has 2 N–H and O–H groups in total. The molecule has 0 spiro atoms. The van der Waals surface area contributed by atoms with E-state index in [0.29, 0.717) is 17.7 Å². The maximum absolute atomic E-state index is 9.71. The van der Waals surface area contributed by atoms with E-state index >= 15 is 0 Å². The fourth-order valence-corrected chi connectivity index (χ4v) is 4.80. The average Bonchev–Trinajstić information content (AvgIpc) is 2.84. The molecule has 0 aliphatic carbocycles. The van der Waals surface area contributed by atoms with Gasteiger partial charge in [-0.1, -0.05) is 88.7 Å². The number of aliphatic hydroxyl groups excluding tert-OH is 1. The van der Waals surface area contributed by atoms with Crippen LogP contribution < -0.4 is 4.90 Å². The van der Waals surface area contributed by atoms with Crippen LogP contribution in [0.1, 0.15) is 63.6 Å². The molecular formula is C31H39NO2. The highest BCUT2D eigenvalue weighted by atomic mass is 16.3. The van der Waals surface area contributed by atoms with Gasteiger partial charge in [0.2, 0.25) is 0 Å². The molecule has 0 saturated carbocycles. The van der Waals surface area contributed by atoms with Gasteiger partial charge < -0.3 is 15.1 Å². The molecule has 1 saturated heterocycles. The number of phenolic OH excluding ortho intramolecular Hbond substituents is 1. The summed E-state index contributed by atoms with van der Waals surface area (Å²) in [6.45, 7) is 12.6. The van der Waals surface area contributed by atoms with Crippen molar-refractivity contribution < 1.29 is 10.2 Å². The van der Waals surface area contributed by atoms with Gasteiger partial charge in [0.1, 0.15) is 5.75 Å². The minimum atomic E-state index is -0.0694. The van der Waals surface area contributed by atoms with Crippen LogP contribution in [0.15, 0.2) is 85.1 Å². The zero-order chi connectivity index (χ0) is 24.7. The van der Waals surface area contributed by atoms with E-state index in [1.165, 1.54) is 16.8 Å². The maximum Gasteiger partial charge on any atom is 0.116 e. The first kappa shape index (κ1) is 25.6. The molecule has 0 bridgehead atoms. The van der Waals surface area contributed by atoms with E-state index in [-0.39, 0.29) is 6.10 Å². The molecule has 3 aromatic rings. The number of aromatic hydroxyl groups is 1. The van der Waals surface area contributed by atoms with Gasteiger partial charge >= 0.3 is 0 Å². The Bertz CT molecular complexity index is 1070. The summed E-state index contributed by atoms with van der Waals surface area (Å²) in [7, 11) is 0. The normalized spacial score (nSPS) is 16.0. The molecule has 0 radical (unpaired) electrons. The van der Waals surface area contributed by atoms with Crippen molar-refractivity contribution in [1.29, 1.82) is 0 Å². The third-order valence-electron chi connectivity index (χ3n) is 6.94. The van der Waals surface area contributed by atoms with Crippen LogP contribution in [0.5, 0.6) is 5.75 Å². The molecule has 180 valence electrons. The molecule has 1 aliphatic heterocycles. The Morgan fingerprint density at radius 2 is 1.56 bits per heavy atom. The molecule has 4 rings (SSSR count). The largest absolute Gasteiger partial charge is 0.508 e. The smallest absolute Gasteiger partial charge is 0.116 e. The number of hydrogen-bond donors (Lipinski definition) is 2. The molecule has 2 unspecified atom stereocenters. The van der Waals surface area contributed by atoms with E-state index in [1.54, 1.807) is 12.1 Å². The molecule has 3 nitrogen and oxygen atoms in total. The van der Waals surface area contributed by atoms with Crippen molar-refractivity contribution in [2.24, 2.45) is 5.92 Å². The Balaban J connectivity index is 0.000000309. The SMILES string of the molecule is C=C1CC(c2ccc(-c3cccc(O)c3)cc2C)N1c1ccccc1.CCC(O)C(CC)CC. The van der Waals surface area contributed by atoms with E-state index in [1.807, 2.05) is 25.1 Å². The van der Waals surface area contributed by atoms with E-state index in [2.05, 4.69) is 74.7 Å². The van der Waals surface area contributed by atoms with E-state index in [9.17, 15) is 10.2 Å². The number of hydrogen-bond acceptors (Lipinski definition) is 3. The minimum absolute atomic E-state index is 0.0694. The number of nitrogens with zero attached hydrogens (tertiary/aromatic N) is 1. The van der Waals surface area contributed by atoms with Crippen molar-refractivity contribution in [1.82, 2.24) is 0 Å². The Hall–Kier alpha value is -3.04. The predicted molar refractivity (Wildman–Crippen MR) is 144 cm³/mol. The summed E-state index contributed by atoms with van der Waals surface area (Å²) in [4.78, 5) is 2.32. The number of para-hydroxylation sites is 1. The lowest BCUT2D eigenvalue weighted by Crippen LogP contribution is -2.38. The molecule has 3 aromatic carbocycles. The highest BCUT2D eigenvalue weighted by Crippen LogP contribution is 2.45. The van der Waals surface area contributed by atoms with Gasteiger partial charge in [-0.3, -0.25) is 0 Å². The van der Waals surface area contributed by atoms with E-state index in [4.69, 9.17) is 0 Å². The van der Waals surface area contributed by atoms with Crippen molar-refractivity contribution >= 4 is 5.69 Å². The van der Waals surface area contributed by atoms with Gasteiger partial charge in [-0.2, -0.15) is 0 Å². The van der Waals surface area contributed by atoms with Crippen LogP contribution in [-0.4, -0.2) is 16.3 Å². The highest BCUT2D eigenvalue weighted by molar-refractivity contribution is 5.68. The number of rotatable bonds is 7. The first-order chi connectivity index (χ1) is 16.4. The number of aliphatic hydroxyl groups is 1. The molecule has 1 aliphatic rings. The Morgan fingerprint density at radius 3 is 2.09 bits per heavy atom. The maximum atomic E-state index is 9.71. The van der Waals surface area contributed by atoms with Crippen molar-refractivity contribution in [2.45, 2.75) is 65.5 Å². The van der Waals surface area contributed by atoms with Crippen LogP contribution in [0, 0.1) is 12.8 Å². The summed E-state index contributed by atoms with van der Waals surface area (Å²) in [6.07, 6.45) is 4.02. The fraction of sp³-hybridized carbons (Fsp3) is 0.355. The monoisotopic (exact) mass is 457 g/mol. The summed E-state index contributed by atoms with van der Waals surface area (Å²) in [5.41, 5.74) is 7.11. The predicted octanol–water partition coefficient (Wildman–Crippen LogP) is 8.03. The van der Waals surface area contributed by atoms with E-state index < -0.39 is 0 Å². The molecule has 3 heteroatoms. The standard InChI is InChI=1S/C23H21NO.C8H18O/c1-16-13-19(18-7-6-10-21(25)15-18)11-12-22(16)23-14-17(2)24(23)20-8-4-3-5-9-20;1-4-7(5-2)8(9)6-3/h3-13,15,23,25H,2,14H2,1H3;7-9H,4-6H2,1-3H3. The molecule has 1 fully saturated rings. The zero-order valence-corrected chi connectivity index (χ0v) is 21.0. The first-order valence-electron chi connectivity index (χ1n) is 12.5. The second kappa shape index (κ2) is 11.9. The Labute approximate surface area is 205 Å². The summed E-state index contributed by atoms with van der Waals surface area (Å²) in [5.74, 6) is 0.819. The van der Waals surface area contributed by atoms with Gasteiger partial charge in [0, 0.05) is 17.8 Å². The lowest BCUT2D eigenvalue weighted by atomic mass is 9.87. The molecule has 1 heterocycles. The van der Waals surface area contributed by atoms with Gasteiger partial charge in [0.25, 0.3) is 0 Å². The lowest BCUT2D eigenvalue weighted by Gasteiger charge is -2.45. The highest BCUT2D eigenvalue weighted by Gasteiger charge is 2.34. The fourth-order valence-electron chi connectivity index (χ4n) is 4.80. The van der Waals surface area contributed by atoms with Gasteiger partial charge in [0.15, 0.2) is 0 Å².